The van der Waals surface area contributed by atoms with Crippen LogP contribution in [-0.4, -0.2) is 67.1 Å². The molecule has 0 unspecified atom stereocenters. The van der Waals surface area contributed by atoms with Gasteiger partial charge in [-0.2, -0.15) is 0 Å². The molecule has 0 saturated carbocycles. The molecular formula is C22H30N6O. The fourth-order valence-electron chi connectivity index (χ4n) is 4.11. The molecule has 7 nitrogen and oxygen atoms in total. The number of benzene rings is 1. The Bertz CT molecular complexity index is 798. The average Bonchev–Trinajstić information content (AvgIpc) is 2.79. The maximum atomic E-state index is 12.6. The molecule has 0 spiro atoms. The van der Waals surface area contributed by atoms with Crippen molar-refractivity contribution in [1.82, 2.24) is 20.2 Å². The minimum absolute atomic E-state index is 0.0756. The van der Waals surface area contributed by atoms with Crippen LogP contribution in [0.4, 0.5) is 11.5 Å². The zero-order valence-electron chi connectivity index (χ0n) is 17.1. The van der Waals surface area contributed by atoms with E-state index in [1.807, 2.05) is 36.5 Å². The molecule has 1 N–H and O–H groups in total. The minimum Gasteiger partial charge on any atom is -0.367 e. The molecule has 0 bridgehead atoms. The Kier molecular flexibility index (Phi) is 6.24. The smallest absolute Gasteiger partial charge is 0.223 e. The Morgan fingerprint density at radius 2 is 1.76 bits per heavy atom. The number of piperidine rings is 1. The minimum atomic E-state index is 0.0756. The largest absolute Gasteiger partial charge is 0.367 e. The maximum Gasteiger partial charge on any atom is 0.223 e. The van der Waals surface area contributed by atoms with Crippen LogP contribution >= 0.6 is 0 Å². The molecular weight excluding hydrogens is 364 g/mol. The van der Waals surface area contributed by atoms with Gasteiger partial charge in [0.2, 0.25) is 5.91 Å². The fraction of sp³-hybridized carbons (Fsp3) is 0.500. The lowest BCUT2D eigenvalue weighted by Crippen LogP contribution is -2.46. The van der Waals surface area contributed by atoms with Crippen LogP contribution in [0.15, 0.2) is 42.9 Å². The number of nitrogens with one attached hydrogen (secondary N) is 1. The average molecular weight is 395 g/mol. The second kappa shape index (κ2) is 9.22. The van der Waals surface area contributed by atoms with E-state index in [9.17, 15) is 4.79 Å². The number of amides is 1. The molecule has 154 valence electrons. The Balaban J connectivity index is 1.33. The number of likely N-dealkylation sites (N-methyl/N-ethyl adjacent to an activating group) is 1. The van der Waals surface area contributed by atoms with Crippen LogP contribution < -0.4 is 15.1 Å². The third-order valence-corrected chi connectivity index (χ3v) is 5.99. The van der Waals surface area contributed by atoms with Crippen LogP contribution in [-0.2, 0) is 11.3 Å². The monoisotopic (exact) mass is 394 g/mol. The van der Waals surface area contributed by atoms with Crippen molar-refractivity contribution < 1.29 is 4.79 Å². The molecule has 2 fully saturated rings. The van der Waals surface area contributed by atoms with Crippen LogP contribution in [0, 0.1) is 5.92 Å². The van der Waals surface area contributed by atoms with Crippen molar-refractivity contribution in [3.63, 3.8) is 0 Å². The summed E-state index contributed by atoms with van der Waals surface area (Å²) in [5, 5.41) is 3.10. The molecule has 2 aliphatic rings. The van der Waals surface area contributed by atoms with E-state index in [-0.39, 0.29) is 11.8 Å². The highest BCUT2D eigenvalue weighted by molar-refractivity contribution is 5.79. The van der Waals surface area contributed by atoms with Gasteiger partial charge in [-0.25, -0.2) is 9.97 Å². The van der Waals surface area contributed by atoms with Crippen molar-refractivity contribution in [2.24, 2.45) is 5.92 Å². The van der Waals surface area contributed by atoms with E-state index in [1.165, 1.54) is 0 Å². The molecule has 4 rings (SSSR count). The molecule has 2 saturated heterocycles. The number of anilines is 2. The lowest BCUT2D eigenvalue weighted by Gasteiger charge is -2.38. The third kappa shape index (κ3) is 4.85. The van der Waals surface area contributed by atoms with E-state index < -0.39 is 0 Å². The lowest BCUT2D eigenvalue weighted by molar-refractivity contribution is -0.125. The van der Waals surface area contributed by atoms with Crippen LogP contribution in [0.1, 0.15) is 18.4 Å². The van der Waals surface area contributed by atoms with Crippen molar-refractivity contribution in [2.45, 2.75) is 19.4 Å². The number of carbonyl (C=O) groups excluding carboxylic acids is 1. The van der Waals surface area contributed by atoms with Gasteiger partial charge in [-0.15, -0.1) is 0 Å². The van der Waals surface area contributed by atoms with Crippen LogP contribution in [0.3, 0.4) is 0 Å². The molecule has 1 aromatic heterocycles. The fourth-order valence-corrected chi connectivity index (χ4v) is 4.11. The highest BCUT2D eigenvalue weighted by Crippen LogP contribution is 2.30. The van der Waals surface area contributed by atoms with Crippen LogP contribution in [0.5, 0.6) is 0 Å². The first-order valence-corrected chi connectivity index (χ1v) is 10.5. The number of aromatic nitrogens is 2. The van der Waals surface area contributed by atoms with Crippen LogP contribution in [0.2, 0.25) is 0 Å². The normalized spacial score (nSPS) is 18.7. The second-order valence-electron chi connectivity index (χ2n) is 7.99. The van der Waals surface area contributed by atoms with Gasteiger partial charge in [0.25, 0.3) is 0 Å². The van der Waals surface area contributed by atoms with Crippen molar-refractivity contribution in [1.29, 1.82) is 0 Å². The summed E-state index contributed by atoms with van der Waals surface area (Å²) in [7, 11) is 2.16. The van der Waals surface area contributed by atoms with E-state index in [2.05, 4.69) is 37.0 Å². The summed E-state index contributed by atoms with van der Waals surface area (Å²) in [4.78, 5) is 28.5. The van der Waals surface area contributed by atoms with Gasteiger partial charge in [0.1, 0.15) is 6.33 Å². The van der Waals surface area contributed by atoms with Gasteiger partial charge >= 0.3 is 0 Å². The lowest BCUT2D eigenvalue weighted by atomic mass is 9.95. The van der Waals surface area contributed by atoms with Gasteiger partial charge < -0.3 is 20.0 Å². The molecule has 2 aromatic rings. The van der Waals surface area contributed by atoms with E-state index in [1.54, 1.807) is 6.33 Å². The van der Waals surface area contributed by atoms with Gasteiger partial charge in [0.15, 0.2) is 5.82 Å². The van der Waals surface area contributed by atoms with Crippen molar-refractivity contribution in [3.05, 3.63) is 48.4 Å². The quantitative estimate of drug-likeness (QED) is 0.834. The summed E-state index contributed by atoms with van der Waals surface area (Å²) in [6, 6.07) is 10.1. The van der Waals surface area contributed by atoms with Gasteiger partial charge in [-0.1, -0.05) is 30.3 Å². The van der Waals surface area contributed by atoms with E-state index in [0.717, 1.165) is 69.2 Å². The van der Waals surface area contributed by atoms with Gasteiger partial charge in [0, 0.05) is 51.7 Å². The molecule has 29 heavy (non-hydrogen) atoms. The topological polar surface area (TPSA) is 64.6 Å². The Morgan fingerprint density at radius 3 is 2.48 bits per heavy atom. The number of hydrogen-bond acceptors (Lipinski definition) is 6. The number of nitrogens with zero attached hydrogens (tertiary/aromatic N) is 5. The summed E-state index contributed by atoms with van der Waals surface area (Å²) in [6.45, 7) is 6.38. The summed E-state index contributed by atoms with van der Waals surface area (Å²) < 4.78 is 0. The van der Waals surface area contributed by atoms with E-state index in [0.29, 0.717) is 6.54 Å². The molecule has 1 amide bonds. The predicted molar refractivity (Wildman–Crippen MR) is 115 cm³/mol. The Labute approximate surface area is 172 Å². The highest BCUT2D eigenvalue weighted by Gasteiger charge is 2.28. The van der Waals surface area contributed by atoms with Gasteiger partial charge in [0.05, 0.1) is 11.9 Å². The van der Waals surface area contributed by atoms with Crippen LogP contribution in [0.25, 0.3) is 0 Å². The zero-order chi connectivity index (χ0) is 20.1. The molecule has 3 heterocycles. The zero-order valence-corrected chi connectivity index (χ0v) is 17.1. The summed E-state index contributed by atoms with van der Waals surface area (Å²) in [5.74, 6) is 1.27. The van der Waals surface area contributed by atoms with Crippen molar-refractivity contribution in [3.8, 4) is 0 Å². The highest BCUT2D eigenvalue weighted by atomic mass is 16.1. The van der Waals surface area contributed by atoms with Gasteiger partial charge in [-0.3, -0.25) is 4.79 Å². The molecule has 2 aliphatic heterocycles. The number of carbonyl (C=O) groups is 1. The SMILES string of the molecule is CN1CCN(c2ncncc2N2CCC(C(=O)NCc3ccccc3)CC2)CC1. The first-order chi connectivity index (χ1) is 14.2. The van der Waals surface area contributed by atoms with Gasteiger partial charge in [-0.05, 0) is 25.5 Å². The molecule has 1 aromatic carbocycles. The summed E-state index contributed by atoms with van der Waals surface area (Å²) >= 11 is 0. The molecule has 0 aliphatic carbocycles. The van der Waals surface area contributed by atoms with E-state index >= 15 is 0 Å². The first-order valence-electron chi connectivity index (χ1n) is 10.5. The number of rotatable bonds is 5. The Morgan fingerprint density at radius 1 is 1.03 bits per heavy atom. The van der Waals surface area contributed by atoms with Crippen molar-refractivity contribution >= 4 is 17.4 Å². The number of hydrogen-bond donors (Lipinski definition) is 1. The maximum absolute atomic E-state index is 12.6. The Hall–Kier alpha value is -2.67. The first kappa shape index (κ1) is 19.6. The third-order valence-electron chi connectivity index (χ3n) is 5.99. The molecule has 0 atom stereocenters. The van der Waals surface area contributed by atoms with Crippen molar-refractivity contribution in [2.75, 3.05) is 56.1 Å². The molecule has 0 radical (unpaired) electrons. The summed E-state index contributed by atoms with van der Waals surface area (Å²) in [5.41, 5.74) is 2.23. The standard InChI is InChI=1S/C22H30N6O/c1-26-11-13-28(14-12-26)21-20(16-23-17-25-21)27-9-7-19(8-10-27)22(29)24-15-18-5-3-2-4-6-18/h2-6,16-17,19H,7-15H2,1H3,(H,24,29). The predicted octanol–water partition coefficient (Wildman–Crippen LogP) is 1.76. The second-order valence-corrected chi connectivity index (χ2v) is 7.99. The van der Waals surface area contributed by atoms with E-state index in [4.69, 9.17) is 0 Å². The molecule has 7 heteroatoms. The number of piperazine rings is 1. The summed E-state index contributed by atoms with van der Waals surface area (Å²) in [6.07, 6.45) is 5.28.